The highest BCUT2D eigenvalue weighted by atomic mass is 16.7. The Hall–Kier alpha value is -1.66. The average Bonchev–Trinajstić information content (AvgIpc) is 2.65. The molecule has 6 heteroatoms. The van der Waals surface area contributed by atoms with Gasteiger partial charge in [0.15, 0.2) is 5.79 Å². The second-order valence-corrected chi connectivity index (χ2v) is 7.20. The Bertz CT molecular complexity index is 532. The molecule has 1 rings (SSSR count). The van der Waals surface area contributed by atoms with Gasteiger partial charge in [-0.3, -0.25) is 9.59 Å². The van der Waals surface area contributed by atoms with Gasteiger partial charge in [-0.25, -0.2) is 0 Å². The SMILES string of the molecule is CCCCCCC(C(N)=O)C1C=CC=CC1(OC)OC(CCCC)C(N)=O. The van der Waals surface area contributed by atoms with Gasteiger partial charge < -0.3 is 20.9 Å². The summed E-state index contributed by atoms with van der Waals surface area (Å²) in [5.41, 5.74) is 11.3. The predicted octanol–water partition coefficient (Wildman–Crippen LogP) is 3.20. The fourth-order valence-corrected chi connectivity index (χ4v) is 3.56. The predicted molar refractivity (Wildman–Crippen MR) is 107 cm³/mol. The van der Waals surface area contributed by atoms with Crippen LogP contribution in [0.15, 0.2) is 24.3 Å². The van der Waals surface area contributed by atoms with E-state index in [2.05, 4.69) is 6.92 Å². The third-order valence-corrected chi connectivity index (χ3v) is 5.17. The largest absolute Gasteiger partial charge is 0.369 e. The van der Waals surface area contributed by atoms with E-state index >= 15 is 0 Å². The quantitative estimate of drug-likeness (QED) is 0.356. The lowest BCUT2D eigenvalue weighted by Crippen LogP contribution is -2.51. The molecule has 0 fully saturated rings. The third kappa shape index (κ3) is 6.78. The van der Waals surface area contributed by atoms with Crippen molar-refractivity contribution in [2.75, 3.05) is 7.11 Å². The zero-order valence-corrected chi connectivity index (χ0v) is 17.0. The van der Waals surface area contributed by atoms with Crippen LogP contribution >= 0.6 is 0 Å². The van der Waals surface area contributed by atoms with Crippen molar-refractivity contribution in [3.63, 3.8) is 0 Å². The highest BCUT2D eigenvalue weighted by Crippen LogP contribution is 2.38. The summed E-state index contributed by atoms with van der Waals surface area (Å²) in [6, 6.07) is 0. The monoisotopic (exact) mass is 380 g/mol. The Morgan fingerprint density at radius 1 is 1.00 bits per heavy atom. The summed E-state index contributed by atoms with van der Waals surface area (Å²) >= 11 is 0. The lowest BCUT2D eigenvalue weighted by molar-refractivity contribution is -0.241. The number of ether oxygens (including phenoxy) is 2. The van der Waals surface area contributed by atoms with Crippen LogP contribution in [0.1, 0.15) is 65.2 Å². The first-order valence-corrected chi connectivity index (χ1v) is 10.1. The Morgan fingerprint density at radius 3 is 2.26 bits per heavy atom. The maximum Gasteiger partial charge on any atom is 0.246 e. The number of carbonyl (C=O) groups excluding carboxylic acids is 2. The van der Waals surface area contributed by atoms with Gasteiger partial charge >= 0.3 is 0 Å². The molecule has 0 aliphatic heterocycles. The minimum absolute atomic E-state index is 0.384. The van der Waals surface area contributed by atoms with Gasteiger partial charge in [0.1, 0.15) is 6.10 Å². The number of unbranched alkanes of at least 4 members (excludes halogenated alkanes) is 4. The van der Waals surface area contributed by atoms with Crippen LogP contribution < -0.4 is 11.5 Å². The van der Waals surface area contributed by atoms with Crippen molar-refractivity contribution in [2.24, 2.45) is 23.3 Å². The summed E-state index contributed by atoms with van der Waals surface area (Å²) < 4.78 is 11.9. The molecular weight excluding hydrogens is 344 g/mol. The van der Waals surface area contributed by atoms with E-state index in [9.17, 15) is 9.59 Å². The summed E-state index contributed by atoms with van der Waals surface area (Å²) in [4.78, 5) is 24.1. The number of hydrogen-bond acceptors (Lipinski definition) is 4. The number of nitrogens with two attached hydrogens (primary N) is 2. The normalized spacial score (nSPS) is 23.9. The standard InChI is InChI=1S/C21H36N2O4/c1-4-6-8-9-12-16(19(22)24)17-13-10-11-15-21(17,26-3)27-18(20(23)25)14-7-5-2/h10-11,13,15-18H,4-9,12,14H2,1-3H3,(H2,22,24)(H2,23,25). The molecule has 6 nitrogen and oxygen atoms in total. The molecule has 4 N–H and O–H groups in total. The maximum atomic E-state index is 12.2. The van der Waals surface area contributed by atoms with E-state index in [-0.39, 0.29) is 5.91 Å². The number of hydrogen-bond donors (Lipinski definition) is 2. The Morgan fingerprint density at radius 2 is 1.70 bits per heavy atom. The molecule has 0 aromatic carbocycles. The zero-order chi connectivity index (χ0) is 20.3. The molecule has 0 heterocycles. The Balaban J connectivity index is 3.04. The van der Waals surface area contributed by atoms with E-state index in [1.54, 1.807) is 12.2 Å². The topological polar surface area (TPSA) is 105 Å². The van der Waals surface area contributed by atoms with Crippen molar-refractivity contribution < 1.29 is 19.1 Å². The molecule has 0 spiro atoms. The van der Waals surface area contributed by atoms with E-state index in [1.165, 1.54) is 7.11 Å². The van der Waals surface area contributed by atoms with Gasteiger partial charge in [0.2, 0.25) is 11.8 Å². The van der Waals surface area contributed by atoms with Crippen LogP contribution in [0, 0.1) is 11.8 Å². The molecule has 0 aromatic heterocycles. The number of amides is 2. The molecule has 0 bridgehead atoms. The molecule has 4 unspecified atom stereocenters. The van der Waals surface area contributed by atoms with Gasteiger partial charge in [0.25, 0.3) is 0 Å². The van der Waals surface area contributed by atoms with Crippen molar-refractivity contribution in [1.82, 2.24) is 0 Å². The van der Waals surface area contributed by atoms with Gasteiger partial charge in [0.05, 0.1) is 0 Å². The van der Waals surface area contributed by atoms with Crippen LogP contribution in [0.4, 0.5) is 0 Å². The Kier molecular flexibility index (Phi) is 10.3. The number of allylic oxidation sites excluding steroid dienone is 2. The van der Waals surface area contributed by atoms with E-state index < -0.39 is 29.6 Å². The molecular formula is C21H36N2O4. The van der Waals surface area contributed by atoms with Gasteiger partial charge in [0, 0.05) is 18.9 Å². The fourth-order valence-electron chi connectivity index (χ4n) is 3.56. The van der Waals surface area contributed by atoms with E-state index in [4.69, 9.17) is 20.9 Å². The lowest BCUT2D eigenvalue weighted by atomic mass is 9.78. The smallest absolute Gasteiger partial charge is 0.246 e. The molecule has 0 radical (unpaired) electrons. The fraction of sp³-hybridized carbons (Fsp3) is 0.714. The minimum atomic E-state index is -1.23. The lowest BCUT2D eigenvalue weighted by Gasteiger charge is -2.41. The summed E-state index contributed by atoms with van der Waals surface area (Å²) in [6.07, 6.45) is 13.6. The van der Waals surface area contributed by atoms with Gasteiger partial charge in [-0.1, -0.05) is 70.6 Å². The van der Waals surface area contributed by atoms with E-state index in [1.807, 2.05) is 19.1 Å². The number of methoxy groups -OCH3 is 1. The summed E-state index contributed by atoms with van der Waals surface area (Å²) in [5, 5.41) is 0. The highest BCUT2D eigenvalue weighted by Gasteiger charge is 2.46. The van der Waals surface area contributed by atoms with Gasteiger partial charge in [-0.05, 0) is 18.9 Å². The van der Waals surface area contributed by atoms with Crippen LogP contribution in [-0.4, -0.2) is 30.8 Å². The van der Waals surface area contributed by atoms with Gasteiger partial charge in [-0.15, -0.1) is 0 Å². The third-order valence-electron chi connectivity index (χ3n) is 5.17. The van der Waals surface area contributed by atoms with Crippen LogP contribution in [0.3, 0.4) is 0 Å². The molecule has 0 saturated heterocycles. The van der Waals surface area contributed by atoms with Crippen molar-refractivity contribution >= 4 is 11.8 Å². The highest BCUT2D eigenvalue weighted by molar-refractivity contribution is 5.79. The summed E-state index contributed by atoms with van der Waals surface area (Å²) in [5.74, 6) is -2.99. The number of carbonyl (C=O) groups is 2. The van der Waals surface area contributed by atoms with E-state index in [0.717, 1.165) is 38.5 Å². The first-order valence-electron chi connectivity index (χ1n) is 10.1. The molecule has 2 amide bonds. The van der Waals surface area contributed by atoms with Crippen LogP contribution in [0.2, 0.25) is 0 Å². The molecule has 0 saturated carbocycles. The maximum absolute atomic E-state index is 12.2. The van der Waals surface area contributed by atoms with Crippen molar-refractivity contribution in [1.29, 1.82) is 0 Å². The van der Waals surface area contributed by atoms with Crippen LogP contribution in [0.25, 0.3) is 0 Å². The number of rotatable bonds is 14. The minimum Gasteiger partial charge on any atom is -0.369 e. The second kappa shape index (κ2) is 11.9. The summed E-state index contributed by atoms with van der Waals surface area (Å²) in [6.45, 7) is 4.18. The van der Waals surface area contributed by atoms with E-state index in [0.29, 0.717) is 12.8 Å². The van der Waals surface area contributed by atoms with Crippen LogP contribution in [-0.2, 0) is 19.1 Å². The molecule has 27 heavy (non-hydrogen) atoms. The molecule has 1 aliphatic rings. The second-order valence-electron chi connectivity index (χ2n) is 7.20. The van der Waals surface area contributed by atoms with Crippen molar-refractivity contribution in [3.8, 4) is 0 Å². The zero-order valence-electron chi connectivity index (χ0n) is 17.0. The van der Waals surface area contributed by atoms with Crippen molar-refractivity contribution in [3.05, 3.63) is 24.3 Å². The molecule has 154 valence electrons. The van der Waals surface area contributed by atoms with Crippen molar-refractivity contribution in [2.45, 2.75) is 77.1 Å². The molecule has 4 atom stereocenters. The molecule has 0 aromatic rings. The summed E-state index contributed by atoms with van der Waals surface area (Å²) in [7, 11) is 1.52. The van der Waals surface area contributed by atoms with Crippen LogP contribution in [0.5, 0.6) is 0 Å². The average molecular weight is 381 g/mol. The van der Waals surface area contributed by atoms with Gasteiger partial charge in [-0.2, -0.15) is 0 Å². The first-order chi connectivity index (χ1) is 12.9. The Labute approximate surface area is 163 Å². The number of primary amides is 2. The molecule has 1 aliphatic carbocycles. The first kappa shape index (κ1) is 23.4.